The molecule has 1 aliphatic rings. The zero-order chi connectivity index (χ0) is 11.6. The molecule has 2 rings (SSSR count). The minimum atomic E-state index is 0.221. The molecule has 86 valence electrons. The van der Waals surface area contributed by atoms with Crippen LogP contribution in [0.15, 0.2) is 30.3 Å². The van der Waals surface area contributed by atoms with Crippen LogP contribution in [-0.4, -0.2) is 5.78 Å². The number of benzene rings is 1. The lowest BCUT2D eigenvalue weighted by Crippen LogP contribution is -2.22. The summed E-state index contributed by atoms with van der Waals surface area (Å²) >= 11 is 0. The Morgan fingerprint density at radius 3 is 2.38 bits per heavy atom. The zero-order valence-electron chi connectivity index (χ0n) is 10.2. The summed E-state index contributed by atoms with van der Waals surface area (Å²) in [6.45, 7) is 4.44. The standard InChI is InChI=1S/C15H20O/c1-3-15(4-2)11-13(16)10-14(15)12-8-6-5-7-9-12/h5-9,14H,3-4,10-11H2,1-2H3. The molecule has 0 amide bonds. The first-order valence-corrected chi connectivity index (χ1v) is 6.28. The summed E-state index contributed by atoms with van der Waals surface area (Å²) in [5.74, 6) is 0.883. The SMILES string of the molecule is CCC1(CC)CC(=O)CC1c1ccccc1. The Morgan fingerprint density at radius 1 is 1.19 bits per heavy atom. The van der Waals surface area contributed by atoms with E-state index in [4.69, 9.17) is 0 Å². The molecule has 0 bridgehead atoms. The van der Waals surface area contributed by atoms with E-state index < -0.39 is 0 Å². The topological polar surface area (TPSA) is 17.1 Å². The third kappa shape index (κ3) is 1.79. The summed E-state index contributed by atoms with van der Waals surface area (Å²) in [4.78, 5) is 11.8. The molecule has 16 heavy (non-hydrogen) atoms. The molecule has 0 radical (unpaired) electrons. The molecule has 1 aromatic rings. The smallest absolute Gasteiger partial charge is 0.134 e. The number of carbonyl (C=O) groups excluding carboxylic acids is 1. The van der Waals surface area contributed by atoms with Crippen molar-refractivity contribution in [2.45, 2.75) is 45.4 Å². The first kappa shape index (κ1) is 11.4. The van der Waals surface area contributed by atoms with E-state index in [1.165, 1.54) is 5.56 Å². The van der Waals surface area contributed by atoms with Crippen molar-refractivity contribution >= 4 is 5.78 Å². The molecular formula is C15H20O. The molecule has 0 spiro atoms. The maximum absolute atomic E-state index is 11.8. The van der Waals surface area contributed by atoms with Gasteiger partial charge in [-0.1, -0.05) is 44.2 Å². The maximum Gasteiger partial charge on any atom is 0.134 e. The second-order valence-corrected chi connectivity index (χ2v) is 4.95. The highest BCUT2D eigenvalue weighted by molar-refractivity contribution is 5.83. The van der Waals surface area contributed by atoms with Crippen LogP contribution in [0.4, 0.5) is 0 Å². The summed E-state index contributed by atoms with van der Waals surface area (Å²) in [5.41, 5.74) is 1.57. The number of rotatable bonds is 3. The van der Waals surface area contributed by atoms with Gasteiger partial charge in [0.1, 0.15) is 5.78 Å². The van der Waals surface area contributed by atoms with E-state index in [-0.39, 0.29) is 5.41 Å². The average molecular weight is 216 g/mol. The summed E-state index contributed by atoms with van der Waals surface area (Å²) in [6, 6.07) is 10.5. The Hall–Kier alpha value is -1.11. The zero-order valence-corrected chi connectivity index (χ0v) is 10.2. The molecular weight excluding hydrogens is 196 g/mol. The van der Waals surface area contributed by atoms with Gasteiger partial charge in [0.15, 0.2) is 0 Å². The van der Waals surface area contributed by atoms with Crippen molar-refractivity contribution in [3.63, 3.8) is 0 Å². The molecule has 1 heteroatoms. The van der Waals surface area contributed by atoms with Crippen LogP contribution in [0.2, 0.25) is 0 Å². The Kier molecular flexibility index (Phi) is 3.13. The highest BCUT2D eigenvalue weighted by Crippen LogP contribution is 2.52. The molecule has 1 nitrogen and oxygen atoms in total. The molecule has 0 saturated heterocycles. The Bertz CT molecular complexity index is 362. The van der Waals surface area contributed by atoms with Crippen LogP contribution in [0.25, 0.3) is 0 Å². The molecule has 1 aromatic carbocycles. The third-order valence-electron chi connectivity index (χ3n) is 4.33. The summed E-state index contributed by atoms with van der Waals surface area (Å²) in [5, 5.41) is 0. The van der Waals surface area contributed by atoms with Crippen molar-refractivity contribution in [3.05, 3.63) is 35.9 Å². The van der Waals surface area contributed by atoms with Gasteiger partial charge in [-0.3, -0.25) is 4.79 Å². The Labute approximate surface area is 97.9 Å². The fourth-order valence-corrected chi connectivity index (χ4v) is 3.18. The van der Waals surface area contributed by atoms with Crippen molar-refractivity contribution in [2.24, 2.45) is 5.41 Å². The van der Waals surface area contributed by atoms with Gasteiger partial charge in [-0.15, -0.1) is 0 Å². The highest BCUT2D eigenvalue weighted by atomic mass is 16.1. The number of hydrogen-bond acceptors (Lipinski definition) is 1. The first-order chi connectivity index (χ1) is 7.72. The molecule has 0 heterocycles. The van der Waals surface area contributed by atoms with Crippen molar-refractivity contribution in [1.29, 1.82) is 0 Å². The van der Waals surface area contributed by atoms with Crippen molar-refractivity contribution in [2.75, 3.05) is 0 Å². The molecule has 0 N–H and O–H groups in total. The lowest BCUT2D eigenvalue weighted by atomic mass is 9.71. The predicted octanol–water partition coefficient (Wildman–Crippen LogP) is 3.94. The number of ketones is 1. The van der Waals surface area contributed by atoms with Gasteiger partial charge < -0.3 is 0 Å². The van der Waals surface area contributed by atoms with E-state index in [0.29, 0.717) is 11.7 Å². The molecule has 1 aliphatic carbocycles. The van der Waals surface area contributed by atoms with Gasteiger partial charge >= 0.3 is 0 Å². The van der Waals surface area contributed by atoms with E-state index in [9.17, 15) is 4.79 Å². The van der Waals surface area contributed by atoms with Crippen molar-refractivity contribution in [1.82, 2.24) is 0 Å². The number of hydrogen-bond donors (Lipinski definition) is 0. The second kappa shape index (κ2) is 4.40. The summed E-state index contributed by atoms with van der Waals surface area (Å²) in [6.07, 6.45) is 3.73. The number of Topliss-reactive ketones (excluding diaryl/α,β-unsaturated/α-hetero) is 1. The lowest BCUT2D eigenvalue weighted by molar-refractivity contribution is -0.118. The maximum atomic E-state index is 11.8. The molecule has 1 saturated carbocycles. The molecule has 1 atom stereocenters. The lowest BCUT2D eigenvalue weighted by Gasteiger charge is -2.33. The number of carbonyl (C=O) groups is 1. The predicted molar refractivity (Wildman–Crippen MR) is 66.4 cm³/mol. The normalized spacial score (nSPS) is 23.6. The first-order valence-electron chi connectivity index (χ1n) is 6.28. The van der Waals surface area contributed by atoms with E-state index in [2.05, 4.69) is 38.1 Å². The van der Waals surface area contributed by atoms with Gasteiger partial charge in [0.2, 0.25) is 0 Å². The van der Waals surface area contributed by atoms with Gasteiger partial charge in [0.05, 0.1) is 0 Å². The van der Waals surface area contributed by atoms with Crippen LogP contribution in [0.5, 0.6) is 0 Å². The largest absolute Gasteiger partial charge is 0.300 e. The molecule has 1 unspecified atom stereocenters. The van der Waals surface area contributed by atoms with E-state index in [0.717, 1.165) is 25.7 Å². The Morgan fingerprint density at radius 2 is 1.81 bits per heavy atom. The summed E-state index contributed by atoms with van der Waals surface area (Å²) in [7, 11) is 0. The van der Waals surface area contributed by atoms with Gasteiger partial charge in [0.25, 0.3) is 0 Å². The molecule has 1 fully saturated rings. The van der Waals surface area contributed by atoms with Crippen LogP contribution in [-0.2, 0) is 4.79 Å². The second-order valence-electron chi connectivity index (χ2n) is 4.95. The summed E-state index contributed by atoms with van der Waals surface area (Å²) < 4.78 is 0. The van der Waals surface area contributed by atoms with Crippen molar-refractivity contribution in [3.8, 4) is 0 Å². The van der Waals surface area contributed by atoms with Crippen LogP contribution < -0.4 is 0 Å². The third-order valence-corrected chi connectivity index (χ3v) is 4.33. The van der Waals surface area contributed by atoms with Gasteiger partial charge in [0, 0.05) is 12.8 Å². The van der Waals surface area contributed by atoms with E-state index in [1.807, 2.05) is 6.07 Å². The van der Waals surface area contributed by atoms with Gasteiger partial charge in [-0.25, -0.2) is 0 Å². The van der Waals surface area contributed by atoms with Gasteiger partial charge in [-0.2, -0.15) is 0 Å². The van der Waals surface area contributed by atoms with Crippen LogP contribution >= 0.6 is 0 Å². The van der Waals surface area contributed by atoms with E-state index >= 15 is 0 Å². The van der Waals surface area contributed by atoms with Crippen LogP contribution in [0.1, 0.15) is 51.0 Å². The minimum Gasteiger partial charge on any atom is -0.300 e. The highest BCUT2D eigenvalue weighted by Gasteiger charge is 2.44. The van der Waals surface area contributed by atoms with Crippen LogP contribution in [0, 0.1) is 5.41 Å². The van der Waals surface area contributed by atoms with Gasteiger partial charge in [-0.05, 0) is 29.7 Å². The fourth-order valence-electron chi connectivity index (χ4n) is 3.18. The van der Waals surface area contributed by atoms with E-state index in [1.54, 1.807) is 0 Å². The van der Waals surface area contributed by atoms with Crippen molar-refractivity contribution < 1.29 is 4.79 Å². The molecule has 0 aromatic heterocycles. The average Bonchev–Trinajstić information content (AvgIpc) is 2.68. The fraction of sp³-hybridized carbons (Fsp3) is 0.533. The molecule has 0 aliphatic heterocycles. The van der Waals surface area contributed by atoms with Crippen LogP contribution in [0.3, 0.4) is 0 Å². The minimum absolute atomic E-state index is 0.221. The monoisotopic (exact) mass is 216 g/mol. The quantitative estimate of drug-likeness (QED) is 0.748. The Balaban J connectivity index is 2.36.